The molecule has 162 valence electrons. The van der Waals surface area contributed by atoms with Crippen molar-refractivity contribution in [2.45, 2.75) is 19.8 Å². The van der Waals surface area contributed by atoms with Crippen LogP contribution in [0.5, 0.6) is 0 Å². The number of benzene rings is 2. The van der Waals surface area contributed by atoms with E-state index >= 15 is 0 Å². The van der Waals surface area contributed by atoms with Gasteiger partial charge in [0.1, 0.15) is 11.5 Å². The molecule has 0 atom stereocenters. The zero-order valence-electron chi connectivity index (χ0n) is 17.2. The zero-order valence-corrected chi connectivity index (χ0v) is 18.8. The molecule has 2 heterocycles. The summed E-state index contributed by atoms with van der Waals surface area (Å²) in [7, 11) is 0. The molecule has 0 saturated carbocycles. The molecule has 0 aliphatic carbocycles. The first kappa shape index (κ1) is 21.8. The van der Waals surface area contributed by atoms with E-state index in [0.717, 1.165) is 22.2 Å². The number of halogens is 1. The normalized spacial score (nSPS) is 11.2. The highest BCUT2D eigenvalue weighted by molar-refractivity contribution is 7.22. The fourth-order valence-electron chi connectivity index (χ4n) is 3.02. The topological polar surface area (TPSA) is 84.2 Å². The van der Waals surface area contributed by atoms with Crippen molar-refractivity contribution < 1.29 is 14.0 Å². The van der Waals surface area contributed by atoms with E-state index in [0.29, 0.717) is 33.8 Å². The van der Waals surface area contributed by atoms with Crippen molar-refractivity contribution in [3.63, 3.8) is 0 Å². The molecule has 2 aromatic carbocycles. The van der Waals surface area contributed by atoms with E-state index in [4.69, 9.17) is 16.0 Å². The maximum Gasteiger partial charge on any atom is 0.248 e. The van der Waals surface area contributed by atoms with Gasteiger partial charge in [-0.3, -0.25) is 9.59 Å². The number of nitrogens with one attached hydrogen (secondary N) is 2. The highest BCUT2D eigenvalue weighted by Gasteiger charge is 2.09. The van der Waals surface area contributed by atoms with Gasteiger partial charge in [0.25, 0.3) is 0 Å². The lowest BCUT2D eigenvalue weighted by Gasteiger charge is -2.01. The minimum atomic E-state index is -0.283. The van der Waals surface area contributed by atoms with Crippen molar-refractivity contribution in [2.75, 3.05) is 10.6 Å². The lowest BCUT2D eigenvalue weighted by atomic mass is 10.2. The van der Waals surface area contributed by atoms with E-state index in [1.165, 1.54) is 17.4 Å². The summed E-state index contributed by atoms with van der Waals surface area (Å²) in [6, 6.07) is 16.4. The summed E-state index contributed by atoms with van der Waals surface area (Å²) in [6.45, 7) is 1.95. The van der Waals surface area contributed by atoms with Crippen LogP contribution in [0.2, 0.25) is 5.02 Å². The SMILES string of the molecule is CCCC(=O)Nc1nc2ccc(NC(=O)/C=C/c3ccc(-c4ccc(Cl)cc4)o3)cc2s1. The second kappa shape index (κ2) is 9.80. The van der Waals surface area contributed by atoms with Crippen molar-refractivity contribution in [2.24, 2.45) is 0 Å². The number of nitrogens with zero attached hydrogens (tertiary/aromatic N) is 1. The molecule has 4 aromatic rings. The van der Waals surface area contributed by atoms with Crippen LogP contribution in [0.15, 0.2) is 65.1 Å². The van der Waals surface area contributed by atoms with Crippen LogP contribution in [0.1, 0.15) is 25.5 Å². The Morgan fingerprint density at radius 2 is 1.91 bits per heavy atom. The van der Waals surface area contributed by atoms with Crippen LogP contribution < -0.4 is 10.6 Å². The number of carbonyl (C=O) groups excluding carboxylic acids is 2. The van der Waals surface area contributed by atoms with Gasteiger partial charge in [-0.05, 0) is 67.1 Å². The Labute approximate surface area is 193 Å². The van der Waals surface area contributed by atoms with Crippen LogP contribution in [-0.2, 0) is 9.59 Å². The molecule has 0 radical (unpaired) electrons. The van der Waals surface area contributed by atoms with Gasteiger partial charge in [-0.25, -0.2) is 4.98 Å². The number of anilines is 2. The van der Waals surface area contributed by atoms with Crippen LogP contribution in [0, 0.1) is 0 Å². The summed E-state index contributed by atoms with van der Waals surface area (Å²) in [4.78, 5) is 28.5. The molecule has 0 aliphatic rings. The predicted molar refractivity (Wildman–Crippen MR) is 130 cm³/mol. The Balaban J connectivity index is 1.39. The van der Waals surface area contributed by atoms with Crippen LogP contribution in [0.3, 0.4) is 0 Å². The molecular formula is C24H20ClN3O3S. The van der Waals surface area contributed by atoms with Crippen molar-refractivity contribution >= 4 is 61.9 Å². The van der Waals surface area contributed by atoms with Crippen LogP contribution >= 0.6 is 22.9 Å². The molecule has 2 aromatic heterocycles. The van der Waals surface area contributed by atoms with Crippen molar-refractivity contribution in [1.29, 1.82) is 0 Å². The third-order valence-electron chi connectivity index (χ3n) is 4.53. The number of furan rings is 1. The highest BCUT2D eigenvalue weighted by Crippen LogP contribution is 2.29. The number of aromatic nitrogens is 1. The summed E-state index contributed by atoms with van der Waals surface area (Å²) in [6.07, 6.45) is 4.26. The van der Waals surface area contributed by atoms with Gasteiger partial charge in [0, 0.05) is 28.8 Å². The Bertz CT molecular complexity index is 1290. The molecule has 0 unspecified atom stereocenters. The Kier molecular flexibility index (Phi) is 6.68. The van der Waals surface area contributed by atoms with Crippen molar-refractivity contribution in [1.82, 2.24) is 4.98 Å². The van der Waals surface area contributed by atoms with Gasteiger partial charge in [-0.2, -0.15) is 0 Å². The van der Waals surface area contributed by atoms with E-state index in [9.17, 15) is 9.59 Å². The van der Waals surface area contributed by atoms with Crippen molar-refractivity contribution in [3.8, 4) is 11.3 Å². The number of thiazole rings is 1. The first-order valence-electron chi connectivity index (χ1n) is 10.1. The predicted octanol–water partition coefficient (Wildman–Crippen LogP) is 6.60. The summed E-state index contributed by atoms with van der Waals surface area (Å²) < 4.78 is 6.64. The average molecular weight is 466 g/mol. The minimum absolute atomic E-state index is 0.0534. The van der Waals surface area contributed by atoms with Gasteiger partial charge in [0.2, 0.25) is 11.8 Å². The van der Waals surface area contributed by atoms with E-state index < -0.39 is 0 Å². The molecule has 6 nitrogen and oxygen atoms in total. The zero-order chi connectivity index (χ0) is 22.5. The molecule has 2 N–H and O–H groups in total. The lowest BCUT2D eigenvalue weighted by Crippen LogP contribution is -2.09. The fraction of sp³-hybridized carbons (Fsp3) is 0.125. The van der Waals surface area contributed by atoms with E-state index in [2.05, 4.69) is 15.6 Å². The molecule has 0 saturated heterocycles. The molecule has 32 heavy (non-hydrogen) atoms. The molecule has 0 spiro atoms. The first-order valence-corrected chi connectivity index (χ1v) is 11.2. The highest BCUT2D eigenvalue weighted by atomic mass is 35.5. The van der Waals surface area contributed by atoms with Gasteiger partial charge >= 0.3 is 0 Å². The first-order chi connectivity index (χ1) is 15.5. The third kappa shape index (κ3) is 5.43. The number of hydrogen-bond donors (Lipinski definition) is 2. The maximum absolute atomic E-state index is 12.3. The van der Waals surface area contributed by atoms with Crippen LogP contribution in [0.25, 0.3) is 27.6 Å². The van der Waals surface area contributed by atoms with Crippen molar-refractivity contribution in [3.05, 3.63) is 71.5 Å². The number of hydrogen-bond acceptors (Lipinski definition) is 5. The summed E-state index contributed by atoms with van der Waals surface area (Å²) >= 11 is 7.28. The number of rotatable bonds is 7. The summed E-state index contributed by atoms with van der Waals surface area (Å²) in [5, 5.41) is 6.84. The monoisotopic (exact) mass is 465 g/mol. The van der Waals surface area contributed by atoms with Gasteiger partial charge in [0.15, 0.2) is 5.13 Å². The van der Waals surface area contributed by atoms with E-state index in [1.807, 2.05) is 37.3 Å². The maximum atomic E-state index is 12.3. The molecule has 0 aliphatic heterocycles. The Morgan fingerprint density at radius 1 is 1.09 bits per heavy atom. The standard InChI is InChI=1S/C24H20ClN3O3S/c1-2-3-22(29)28-24-27-19-11-8-17(14-21(19)32-24)26-23(30)13-10-18-9-12-20(31-18)15-4-6-16(25)7-5-15/h4-14H,2-3H2,1H3,(H,26,30)(H,27,28,29)/b13-10+. The van der Waals surface area contributed by atoms with Gasteiger partial charge in [0.05, 0.1) is 10.2 Å². The van der Waals surface area contributed by atoms with Gasteiger partial charge in [-0.1, -0.05) is 29.9 Å². The molecule has 8 heteroatoms. The Hall–Kier alpha value is -3.42. The van der Waals surface area contributed by atoms with Gasteiger partial charge in [-0.15, -0.1) is 0 Å². The molecule has 0 fully saturated rings. The molecular weight excluding hydrogens is 446 g/mol. The Morgan fingerprint density at radius 3 is 2.69 bits per heavy atom. The van der Waals surface area contributed by atoms with Crippen LogP contribution in [0.4, 0.5) is 10.8 Å². The quantitative estimate of drug-likeness (QED) is 0.301. The smallest absolute Gasteiger partial charge is 0.248 e. The molecule has 4 rings (SSSR count). The lowest BCUT2D eigenvalue weighted by molar-refractivity contribution is -0.116. The summed E-state index contributed by atoms with van der Waals surface area (Å²) in [5.74, 6) is 0.923. The third-order valence-corrected chi connectivity index (χ3v) is 5.72. The average Bonchev–Trinajstić information content (AvgIpc) is 3.39. The molecule has 2 amide bonds. The summed E-state index contributed by atoms with van der Waals surface area (Å²) in [5.41, 5.74) is 2.31. The number of fused-ring (bicyclic) bond motifs is 1. The largest absolute Gasteiger partial charge is 0.457 e. The van der Waals surface area contributed by atoms with Gasteiger partial charge < -0.3 is 15.1 Å². The van der Waals surface area contributed by atoms with E-state index in [1.54, 1.807) is 30.3 Å². The second-order valence-electron chi connectivity index (χ2n) is 7.03. The van der Waals surface area contributed by atoms with Crippen LogP contribution in [-0.4, -0.2) is 16.8 Å². The second-order valence-corrected chi connectivity index (χ2v) is 8.50. The molecule has 0 bridgehead atoms. The fourth-order valence-corrected chi connectivity index (χ4v) is 4.07. The minimum Gasteiger partial charge on any atom is -0.457 e. The van der Waals surface area contributed by atoms with E-state index in [-0.39, 0.29) is 11.8 Å². The number of carbonyl (C=O) groups is 2. The number of amides is 2.